The van der Waals surface area contributed by atoms with Crippen LogP contribution in [0.25, 0.3) is 197 Å². The van der Waals surface area contributed by atoms with E-state index in [4.69, 9.17) is 10.0 Å². The van der Waals surface area contributed by atoms with E-state index in [0.717, 1.165) is 41.1 Å². The first-order valence-electron chi connectivity index (χ1n) is 42.4. The Balaban J connectivity index is 0.000000121. The fourth-order valence-electron chi connectivity index (χ4n) is 17.5. The van der Waals surface area contributed by atoms with Crippen LogP contribution in [0.2, 0.25) is 0 Å². The molecule has 0 aliphatic carbocycles. The standard InChI is InChI=1S/C46H30.C26H17Br.C20H15BO2.C16H13BO2.C10H6Br2.2CH4/c1-2-11-34-28-35(27-24-31(34)10-1)32-22-25-33(26-23-32)39-18-8-21-44-41(19-9-20-43(39)44)36-13-7-14-37(29-36)46-30-38-12-3-4-15-40(38)42-16-5-6-17-45(42)46;27-26-10-4-8-24-23(7-3-9-25(24)26)20-14-11-19(12-15-20)22-16-13-18-5-1-2-6-21(18)17-22;22-21(23)16-8-5-7-14(12-16)20-13-15-6-1-2-9-17(15)18-10-3-4-11-19(18)20;18-17(19)16-9-7-13(8-10-16)15-6-5-12-3-1-2-4-14(12)11-15;11-9-5-1-3-7-8(9)4-2-6-10(7)12;;/h1-30H;1-17H;1-13,22-23H;1-11,18-19H;1-6H;2*1H4. The van der Waals surface area contributed by atoms with Gasteiger partial charge in [0.05, 0.1) is 0 Å². The highest BCUT2D eigenvalue weighted by Crippen LogP contribution is 2.43. The van der Waals surface area contributed by atoms with Crippen LogP contribution in [0, 0.1) is 0 Å². The van der Waals surface area contributed by atoms with E-state index in [1.54, 1.807) is 18.2 Å². The highest BCUT2D eigenvalue weighted by Gasteiger charge is 2.18. The molecule has 0 fully saturated rings. The normalized spacial score (nSPS) is 10.9. The maximum Gasteiger partial charge on any atom is 0.488 e. The van der Waals surface area contributed by atoms with E-state index < -0.39 is 14.2 Å². The lowest BCUT2D eigenvalue weighted by atomic mass is 9.78. The third-order valence-electron chi connectivity index (χ3n) is 24.0. The van der Waals surface area contributed by atoms with E-state index in [1.165, 1.54) is 169 Å². The second kappa shape index (κ2) is 39.5. The van der Waals surface area contributed by atoms with Crippen LogP contribution in [-0.4, -0.2) is 34.3 Å². The minimum absolute atomic E-state index is 0. The monoisotopic (exact) mass is 1850 g/mol. The summed E-state index contributed by atoms with van der Waals surface area (Å²) in [4.78, 5) is 0. The molecular weight excluding hydrogens is 1770 g/mol. The highest BCUT2D eigenvalue weighted by atomic mass is 79.9. The van der Waals surface area contributed by atoms with Crippen molar-refractivity contribution < 1.29 is 20.1 Å². The molecule has 0 saturated heterocycles. The Morgan fingerprint density at radius 3 is 0.775 bits per heavy atom. The summed E-state index contributed by atoms with van der Waals surface area (Å²) in [7, 11) is -2.87. The number of rotatable bonds is 10. The fourth-order valence-corrected chi connectivity index (χ4v) is 19.0. The first-order chi connectivity index (χ1) is 62.4. The Kier molecular flexibility index (Phi) is 26.7. The first kappa shape index (κ1) is 87.2. The van der Waals surface area contributed by atoms with E-state index in [9.17, 15) is 10.0 Å². The van der Waals surface area contributed by atoms with Crippen LogP contribution >= 0.6 is 47.8 Å². The smallest absolute Gasteiger partial charge is 0.423 e. The Labute approximate surface area is 778 Å². The largest absolute Gasteiger partial charge is 0.488 e. The van der Waals surface area contributed by atoms with Crippen LogP contribution in [0.3, 0.4) is 0 Å². The van der Waals surface area contributed by atoms with Gasteiger partial charge in [-0.1, -0.05) is 475 Å². The summed E-state index contributed by atoms with van der Waals surface area (Å²) in [5, 5.41) is 62.0. The van der Waals surface area contributed by atoms with Gasteiger partial charge in [-0.3, -0.25) is 0 Å². The van der Waals surface area contributed by atoms with Crippen molar-refractivity contribution in [3.05, 3.63) is 481 Å². The molecule has 0 aliphatic rings. The Bertz CT molecular complexity index is 7970. The van der Waals surface area contributed by atoms with Crippen LogP contribution in [0.15, 0.2) is 481 Å². The predicted molar refractivity (Wildman–Crippen MR) is 567 cm³/mol. The van der Waals surface area contributed by atoms with E-state index in [0.29, 0.717) is 10.9 Å². The zero-order valence-corrected chi connectivity index (χ0v) is 73.8. The summed E-state index contributed by atoms with van der Waals surface area (Å²) in [5.74, 6) is 0. The van der Waals surface area contributed by atoms with Gasteiger partial charge in [0, 0.05) is 13.4 Å². The molecule has 4 nitrogen and oxygen atoms in total. The number of hydrogen-bond donors (Lipinski definition) is 4. The molecule has 0 spiro atoms. The topological polar surface area (TPSA) is 80.9 Å². The lowest BCUT2D eigenvalue weighted by Crippen LogP contribution is -2.29. The van der Waals surface area contributed by atoms with Crippen molar-refractivity contribution in [3.63, 3.8) is 0 Å². The molecule has 0 aliphatic heterocycles. The number of fused-ring (bicyclic) bond motifs is 12. The molecule has 23 aromatic carbocycles. The lowest BCUT2D eigenvalue weighted by molar-refractivity contribution is 0.424. The van der Waals surface area contributed by atoms with Crippen LogP contribution in [0.5, 0.6) is 0 Å². The summed E-state index contributed by atoms with van der Waals surface area (Å²) < 4.78 is 3.41. The van der Waals surface area contributed by atoms with E-state index in [2.05, 4.69) is 424 Å². The van der Waals surface area contributed by atoms with Crippen molar-refractivity contribution in [1.82, 2.24) is 0 Å². The van der Waals surface area contributed by atoms with Gasteiger partial charge in [-0.15, -0.1) is 0 Å². The predicted octanol–water partition coefficient (Wildman–Crippen LogP) is 32.2. The molecule has 620 valence electrons. The maximum absolute atomic E-state index is 9.44. The molecule has 129 heavy (non-hydrogen) atoms. The van der Waals surface area contributed by atoms with Gasteiger partial charge < -0.3 is 20.1 Å². The Morgan fingerprint density at radius 2 is 0.388 bits per heavy atom. The molecule has 0 radical (unpaired) electrons. The van der Waals surface area contributed by atoms with Crippen molar-refractivity contribution in [3.8, 4) is 89.0 Å². The lowest BCUT2D eigenvalue weighted by Gasteiger charge is -2.14. The summed E-state index contributed by atoms with van der Waals surface area (Å²) in [6, 6.07) is 164. The maximum atomic E-state index is 9.44. The van der Waals surface area contributed by atoms with E-state index in [1.807, 2.05) is 72.8 Å². The molecule has 9 heteroatoms. The van der Waals surface area contributed by atoms with Gasteiger partial charge in [-0.05, 0) is 262 Å². The molecule has 23 aromatic rings. The molecule has 0 heterocycles. The van der Waals surface area contributed by atoms with Gasteiger partial charge >= 0.3 is 14.2 Å². The van der Waals surface area contributed by atoms with Crippen LogP contribution in [-0.2, 0) is 0 Å². The molecule has 0 bridgehead atoms. The van der Waals surface area contributed by atoms with Gasteiger partial charge in [0.2, 0.25) is 0 Å². The SMILES string of the molecule is Brc1cccc2c(-c3ccc(-c4ccc5ccccc5c4)cc3)cccc12.Brc1cccc2c(Br)cccc12.C.C.OB(O)c1ccc(-c2ccc3ccccc3c2)cc1.OB(O)c1cccc(-c2cc3ccccc3c3ccccc23)c1.c1cc(-c2cccc3c(-c4ccc(-c5ccc6ccccc6c5)cc4)cccc23)cc(-c2cc3ccccc3c3ccccc23)c1. The van der Waals surface area contributed by atoms with Crippen LogP contribution < -0.4 is 10.9 Å². The van der Waals surface area contributed by atoms with Crippen molar-refractivity contribution in [2.75, 3.05) is 0 Å². The van der Waals surface area contributed by atoms with Gasteiger partial charge in [0.25, 0.3) is 0 Å². The Hall–Kier alpha value is -13.9. The average Bonchev–Trinajstić information content (AvgIpc) is 0.782. The second-order valence-corrected chi connectivity index (χ2v) is 34.3. The summed E-state index contributed by atoms with van der Waals surface area (Å²) >= 11 is 10.7. The van der Waals surface area contributed by atoms with Crippen molar-refractivity contribution in [1.29, 1.82) is 0 Å². The van der Waals surface area contributed by atoms with Gasteiger partial charge in [0.15, 0.2) is 0 Å². The summed E-state index contributed by atoms with van der Waals surface area (Å²) in [5.41, 5.74) is 20.2. The number of hydrogen-bond acceptors (Lipinski definition) is 4. The van der Waals surface area contributed by atoms with Crippen molar-refractivity contribution in [2.24, 2.45) is 0 Å². The van der Waals surface area contributed by atoms with Gasteiger partial charge in [-0.2, -0.15) is 0 Å². The minimum Gasteiger partial charge on any atom is -0.423 e. The van der Waals surface area contributed by atoms with Gasteiger partial charge in [0.1, 0.15) is 0 Å². The molecule has 4 N–H and O–H groups in total. The minimum atomic E-state index is -1.46. The third kappa shape index (κ3) is 18.8. The summed E-state index contributed by atoms with van der Waals surface area (Å²) in [6.45, 7) is 0. The Morgan fingerprint density at radius 1 is 0.140 bits per heavy atom. The number of halogens is 3. The van der Waals surface area contributed by atoms with Crippen LogP contribution in [0.4, 0.5) is 0 Å². The molecule has 0 unspecified atom stereocenters. The number of benzene rings is 23. The van der Waals surface area contributed by atoms with E-state index >= 15 is 0 Å². The molecule has 0 aromatic heterocycles. The molecule has 23 rings (SSSR count). The quantitative estimate of drug-likeness (QED) is 0.0812. The average molecular weight is 1860 g/mol. The molecular formula is C120H89B2Br3O4. The van der Waals surface area contributed by atoms with Gasteiger partial charge in [-0.25, -0.2) is 0 Å². The molecule has 0 amide bonds. The highest BCUT2D eigenvalue weighted by molar-refractivity contribution is 9.11. The van der Waals surface area contributed by atoms with Crippen molar-refractivity contribution in [2.45, 2.75) is 14.9 Å². The fraction of sp³-hybridized carbons (Fsp3) is 0.0167. The molecule has 0 atom stereocenters. The third-order valence-corrected chi connectivity index (χ3v) is 26.0. The zero-order valence-electron chi connectivity index (χ0n) is 69.0. The van der Waals surface area contributed by atoms with E-state index in [-0.39, 0.29) is 14.9 Å². The first-order valence-corrected chi connectivity index (χ1v) is 44.8. The molecule has 0 saturated carbocycles. The second-order valence-electron chi connectivity index (χ2n) is 31.7. The summed E-state index contributed by atoms with van der Waals surface area (Å²) in [6.07, 6.45) is 0. The van der Waals surface area contributed by atoms with Crippen molar-refractivity contribution >= 4 is 181 Å². The zero-order chi connectivity index (χ0) is 86.3. The van der Waals surface area contributed by atoms with Crippen LogP contribution in [0.1, 0.15) is 14.9 Å².